The van der Waals surface area contributed by atoms with E-state index in [1.54, 1.807) is 18.2 Å². The molecule has 1 aliphatic heterocycles. The molecule has 0 aromatic heterocycles. The lowest BCUT2D eigenvalue weighted by molar-refractivity contribution is -0.114. The molecular formula is C30H24O10. The number of methoxy groups -OCH3 is 1. The van der Waals surface area contributed by atoms with Crippen molar-refractivity contribution in [3.05, 3.63) is 106 Å². The van der Waals surface area contributed by atoms with Crippen molar-refractivity contribution >= 4 is 17.1 Å². The second-order valence-corrected chi connectivity index (χ2v) is 9.39. The molecule has 3 aromatic rings. The van der Waals surface area contributed by atoms with E-state index in [2.05, 4.69) is 0 Å². The predicted molar refractivity (Wildman–Crippen MR) is 141 cm³/mol. The number of ether oxygens (including phenoxy) is 2. The Kier molecular flexibility index (Phi) is 6.48. The van der Waals surface area contributed by atoms with Crippen LogP contribution in [0.25, 0.3) is 5.57 Å². The average Bonchev–Trinajstić information content (AvgIpc) is 3.22. The number of aliphatic hydroxyl groups is 2. The number of phenolic OH excluding ortho intramolecular Hbond substituents is 4. The number of carbonyl (C=O) groups is 2. The number of aliphatic hydroxyl groups excluding tert-OH is 1. The molecule has 3 aliphatic rings. The number of fused-ring (bicyclic) bond motifs is 4. The molecule has 0 spiro atoms. The van der Waals surface area contributed by atoms with Gasteiger partial charge in [0, 0.05) is 23.6 Å². The normalized spacial score (nSPS) is 18.7. The lowest BCUT2D eigenvalue weighted by Crippen LogP contribution is -2.39. The topological polar surface area (TPSA) is 174 Å². The zero-order valence-electron chi connectivity index (χ0n) is 21.1. The van der Waals surface area contributed by atoms with Gasteiger partial charge in [-0.3, -0.25) is 9.59 Å². The Bertz CT molecular complexity index is 1660. The van der Waals surface area contributed by atoms with Gasteiger partial charge in [0.15, 0.2) is 23.0 Å². The van der Waals surface area contributed by atoms with Crippen LogP contribution in [0.15, 0.2) is 83.8 Å². The van der Waals surface area contributed by atoms with Crippen LogP contribution < -0.4 is 4.74 Å². The summed E-state index contributed by atoms with van der Waals surface area (Å²) in [7, 11) is 1.47. The first-order valence-electron chi connectivity index (χ1n) is 12.0. The first kappa shape index (κ1) is 26.4. The van der Waals surface area contributed by atoms with Crippen molar-refractivity contribution in [2.24, 2.45) is 0 Å². The van der Waals surface area contributed by atoms with E-state index >= 15 is 0 Å². The fraction of sp³-hybridized carbons (Fsp3) is 0.133. The van der Waals surface area contributed by atoms with Crippen LogP contribution in [0, 0.1) is 0 Å². The number of para-hydroxylation sites is 1. The summed E-state index contributed by atoms with van der Waals surface area (Å²) >= 11 is 0. The highest BCUT2D eigenvalue weighted by Crippen LogP contribution is 2.50. The summed E-state index contributed by atoms with van der Waals surface area (Å²) in [6.07, 6.45) is 2.90. The Morgan fingerprint density at radius 1 is 0.875 bits per heavy atom. The summed E-state index contributed by atoms with van der Waals surface area (Å²) in [4.78, 5) is 23.7. The number of allylic oxidation sites excluding steroid dienone is 2. The average molecular weight is 545 g/mol. The third-order valence-electron chi connectivity index (χ3n) is 6.84. The van der Waals surface area contributed by atoms with Crippen LogP contribution in [-0.2, 0) is 16.0 Å². The maximum absolute atomic E-state index is 12.1. The standard InChI is InChI=1S/C16H12O6.C14H12O4/c17-10-2-1-8-13-9-4-12(19)11(18)3-7(9)5-16(13,21)6-22-15(8)14(10)20;1-18-9-6-7-11(13(16)8-9)14(17)10-4-2-3-5-12(10)15/h1-4,18-21H,5-6H2;2-8,15-16H,1H3. The summed E-state index contributed by atoms with van der Waals surface area (Å²) < 4.78 is 10.3. The summed E-state index contributed by atoms with van der Waals surface area (Å²) in [5.74, 6) is -1.85. The van der Waals surface area contributed by atoms with Crippen LogP contribution in [-0.4, -0.2) is 61.5 Å². The van der Waals surface area contributed by atoms with E-state index in [1.807, 2.05) is 0 Å². The number of hydrogen-bond acceptors (Lipinski definition) is 10. The van der Waals surface area contributed by atoms with Gasteiger partial charge in [-0.15, -0.1) is 0 Å². The van der Waals surface area contributed by atoms with Crippen molar-refractivity contribution in [2.45, 2.75) is 12.0 Å². The molecule has 1 unspecified atom stereocenters. The number of benzene rings is 3. The highest BCUT2D eigenvalue weighted by atomic mass is 16.5. The maximum Gasteiger partial charge on any atom is 0.224 e. The third kappa shape index (κ3) is 4.40. The minimum absolute atomic E-state index is 0.0348. The monoisotopic (exact) mass is 544 g/mol. The fourth-order valence-corrected chi connectivity index (χ4v) is 4.90. The molecule has 0 saturated carbocycles. The van der Waals surface area contributed by atoms with Gasteiger partial charge in [-0.1, -0.05) is 12.1 Å². The van der Waals surface area contributed by atoms with Crippen LogP contribution in [0.5, 0.6) is 28.7 Å². The highest BCUT2D eigenvalue weighted by Gasteiger charge is 2.47. The lowest BCUT2D eigenvalue weighted by atomic mass is 9.85. The van der Waals surface area contributed by atoms with Gasteiger partial charge in [-0.2, -0.15) is 0 Å². The highest BCUT2D eigenvalue weighted by molar-refractivity contribution is 6.12. The van der Waals surface area contributed by atoms with E-state index < -0.39 is 22.9 Å². The van der Waals surface area contributed by atoms with Gasteiger partial charge < -0.3 is 40.1 Å². The van der Waals surface area contributed by atoms with Crippen molar-refractivity contribution in [3.63, 3.8) is 0 Å². The molecule has 6 rings (SSSR count). The van der Waals surface area contributed by atoms with Gasteiger partial charge in [0.1, 0.15) is 29.5 Å². The molecule has 0 amide bonds. The van der Waals surface area contributed by atoms with Gasteiger partial charge in [0.25, 0.3) is 0 Å². The van der Waals surface area contributed by atoms with Crippen LogP contribution in [0.4, 0.5) is 0 Å². The Morgan fingerprint density at radius 2 is 1.57 bits per heavy atom. The second-order valence-electron chi connectivity index (χ2n) is 9.39. The number of carbonyl (C=O) groups excluding carboxylic acids is 2. The second kappa shape index (κ2) is 9.83. The molecule has 10 nitrogen and oxygen atoms in total. The van der Waals surface area contributed by atoms with Gasteiger partial charge in [0.2, 0.25) is 11.5 Å². The first-order valence-corrected chi connectivity index (χ1v) is 12.0. The smallest absolute Gasteiger partial charge is 0.224 e. The molecule has 0 saturated heterocycles. The Hall–Kier alpha value is -5.22. The molecule has 0 fully saturated rings. The van der Waals surface area contributed by atoms with Crippen LogP contribution in [0.3, 0.4) is 0 Å². The minimum Gasteiger partial charge on any atom is -0.507 e. The summed E-state index contributed by atoms with van der Waals surface area (Å²) in [5, 5.41) is 59.4. The summed E-state index contributed by atoms with van der Waals surface area (Å²) in [5.41, 5.74) is 1.07. The Labute approximate surface area is 227 Å². The lowest BCUT2D eigenvalue weighted by Gasteiger charge is -2.33. The van der Waals surface area contributed by atoms with Crippen LogP contribution in [0.2, 0.25) is 0 Å². The number of ketones is 2. The van der Waals surface area contributed by atoms with Crippen molar-refractivity contribution in [3.8, 4) is 28.7 Å². The minimum atomic E-state index is -1.33. The number of phenols is 4. The number of aromatic hydroxyl groups is 4. The van der Waals surface area contributed by atoms with Crippen LogP contribution >= 0.6 is 0 Å². The van der Waals surface area contributed by atoms with E-state index in [0.717, 1.165) is 0 Å². The molecule has 10 heteroatoms. The van der Waals surface area contributed by atoms with Gasteiger partial charge in [0.05, 0.1) is 18.2 Å². The van der Waals surface area contributed by atoms with E-state index in [1.165, 1.54) is 55.7 Å². The van der Waals surface area contributed by atoms with E-state index in [0.29, 0.717) is 28.0 Å². The van der Waals surface area contributed by atoms with E-state index in [9.17, 15) is 40.2 Å². The van der Waals surface area contributed by atoms with E-state index in [-0.39, 0.29) is 52.9 Å². The summed E-state index contributed by atoms with van der Waals surface area (Å²) in [6.45, 7) is -0.122. The number of rotatable bonds is 3. The fourth-order valence-electron chi connectivity index (χ4n) is 4.90. The zero-order chi connectivity index (χ0) is 28.8. The molecular weight excluding hydrogens is 520 g/mol. The summed E-state index contributed by atoms with van der Waals surface area (Å²) in [6, 6.07) is 13.4. The van der Waals surface area contributed by atoms with Crippen molar-refractivity contribution in [1.29, 1.82) is 0 Å². The maximum atomic E-state index is 12.1. The van der Waals surface area contributed by atoms with Crippen LogP contribution in [0.1, 0.15) is 27.0 Å². The molecule has 0 radical (unpaired) electrons. The van der Waals surface area contributed by atoms with E-state index in [4.69, 9.17) is 9.47 Å². The SMILES string of the molecule is COc1ccc(C(=O)c2ccccc2O)c(O)c1.O=C1C=CC2=C3c4cc(O)c(O)cc4CC3(O)COC2=C1O. The molecule has 0 bridgehead atoms. The largest absolute Gasteiger partial charge is 0.507 e. The third-order valence-corrected chi connectivity index (χ3v) is 6.84. The predicted octanol–water partition coefficient (Wildman–Crippen LogP) is 3.41. The van der Waals surface area contributed by atoms with Gasteiger partial charge in [-0.05, 0) is 59.7 Å². The van der Waals surface area contributed by atoms with Crippen molar-refractivity contribution in [1.82, 2.24) is 0 Å². The van der Waals surface area contributed by atoms with Crippen molar-refractivity contribution in [2.75, 3.05) is 13.7 Å². The van der Waals surface area contributed by atoms with Gasteiger partial charge in [-0.25, -0.2) is 0 Å². The Morgan fingerprint density at radius 3 is 2.27 bits per heavy atom. The molecule has 2 aliphatic carbocycles. The molecule has 204 valence electrons. The molecule has 3 aromatic carbocycles. The van der Waals surface area contributed by atoms with Gasteiger partial charge >= 0.3 is 0 Å². The molecule has 40 heavy (non-hydrogen) atoms. The van der Waals surface area contributed by atoms with Crippen molar-refractivity contribution < 1.29 is 49.7 Å². The molecule has 6 N–H and O–H groups in total. The zero-order valence-corrected chi connectivity index (χ0v) is 21.1. The Balaban J connectivity index is 0.000000165. The quantitative estimate of drug-likeness (QED) is 0.212. The molecule has 1 atom stereocenters. The number of hydrogen-bond donors (Lipinski definition) is 6. The first-order chi connectivity index (χ1) is 19.0. The molecule has 1 heterocycles.